The van der Waals surface area contributed by atoms with Crippen molar-refractivity contribution in [2.75, 3.05) is 0 Å². The first-order valence-corrected chi connectivity index (χ1v) is 7.35. The number of fused-ring (bicyclic) bond motifs is 1. The van der Waals surface area contributed by atoms with E-state index in [0.29, 0.717) is 22.1 Å². The van der Waals surface area contributed by atoms with Gasteiger partial charge in [0.25, 0.3) is 5.56 Å². The van der Waals surface area contributed by atoms with Gasteiger partial charge in [-0.1, -0.05) is 11.6 Å². The van der Waals surface area contributed by atoms with Crippen LogP contribution in [0.1, 0.15) is 5.69 Å². The average molecular weight is 366 g/mol. The molecule has 0 bridgehead atoms. The second kappa shape index (κ2) is 5.87. The van der Waals surface area contributed by atoms with Gasteiger partial charge in [-0.15, -0.1) is 0 Å². The first-order chi connectivity index (χ1) is 10.1. The predicted molar refractivity (Wildman–Crippen MR) is 84.9 cm³/mol. The molecule has 2 heterocycles. The number of ether oxygens (including phenoxy) is 1. The topological polar surface area (TPSA) is 43.6 Å². The molecule has 0 aliphatic carbocycles. The Morgan fingerprint density at radius 3 is 2.71 bits per heavy atom. The minimum Gasteiger partial charge on any atom is -0.487 e. The molecule has 3 rings (SSSR count). The van der Waals surface area contributed by atoms with Crippen LogP contribution in [-0.2, 0) is 6.61 Å². The summed E-state index contributed by atoms with van der Waals surface area (Å²) in [5.41, 5.74) is 1.02. The van der Waals surface area contributed by atoms with E-state index in [1.165, 1.54) is 10.5 Å². The van der Waals surface area contributed by atoms with E-state index in [4.69, 9.17) is 16.3 Å². The van der Waals surface area contributed by atoms with Gasteiger partial charge in [-0.2, -0.15) is 0 Å². The highest BCUT2D eigenvalue weighted by Crippen LogP contribution is 2.16. The summed E-state index contributed by atoms with van der Waals surface area (Å²) in [6, 6.07) is 12.1. The molecular formula is C15H10BrClN2O2. The van der Waals surface area contributed by atoms with Crippen LogP contribution in [0.25, 0.3) is 5.65 Å². The lowest BCUT2D eigenvalue weighted by Gasteiger charge is -2.07. The largest absolute Gasteiger partial charge is 0.487 e. The van der Waals surface area contributed by atoms with Crippen LogP contribution in [-0.4, -0.2) is 9.38 Å². The highest BCUT2D eigenvalue weighted by Gasteiger charge is 2.04. The average Bonchev–Trinajstić information content (AvgIpc) is 2.47. The van der Waals surface area contributed by atoms with E-state index in [1.54, 1.807) is 36.5 Å². The number of pyridine rings is 1. The van der Waals surface area contributed by atoms with Gasteiger partial charge in [-0.3, -0.25) is 9.20 Å². The van der Waals surface area contributed by atoms with Crippen molar-refractivity contribution in [3.05, 3.63) is 74.2 Å². The Labute approximate surface area is 134 Å². The molecule has 0 atom stereocenters. The zero-order valence-corrected chi connectivity index (χ0v) is 13.1. The van der Waals surface area contributed by atoms with Crippen LogP contribution in [0.4, 0.5) is 0 Å². The first kappa shape index (κ1) is 14.1. The summed E-state index contributed by atoms with van der Waals surface area (Å²) in [6.45, 7) is 0.226. The minimum absolute atomic E-state index is 0.143. The Bertz CT molecular complexity index is 846. The number of hydrogen-bond donors (Lipinski definition) is 0. The number of benzene rings is 1. The standard InChI is InChI=1S/C15H10BrClN2O2/c16-10-1-6-14-18-12(7-15(20)19(14)8-10)9-21-13-4-2-11(17)3-5-13/h1-8H,9H2. The van der Waals surface area contributed by atoms with Crippen LogP contribution in [0.2, 0.25) is 5.02 Å². The Balaban J connectivity index is 1.86. The van der Waals surface area contributed by atoms with Gasteiger partial charge in [0.15, 0.2) is 0 Å². The monoisotopic (exact) mass is 364 g/mol. The molecule has 21 heavy (non-hydrogen) atoms. The van der Waals surface area contributed by atoms with Crippen LogP contribution >= 0.6 is 27.5 Å². The van der Waals surface area contributed by atoms with Crippen molar-refractivity contribution in [2.24, 2.45) is 0 Å². The quantitative estimate of drug-likeness (QED) is 0.711. The molecule has 0 fully saturated rings. The van der Waals surface area contributed by atoms with E-state index in [0.717, 1.165) is 4.47 Å². The normalized spacial score (nSPS) is 10.8. The SMILES string of the molecule is O=c1cc(COc2ccc(Cl)cc2)nc2ccc(Br)cn12. The van der Waals surface area contributed by atoms with Crippen molar-refractivity contribution in [1.29, 1.82) is 0 Å². The number of hydrogen-bond acceptors (Lipinski definition) is 3. The molecule has 3 aromatic rings. The highest BCUT2D eigenvalue weighted by atomic mass is 79.9. The number of nitrogens with zero attached hydrogens (tertiary/aromatic N) is 2. The lowest BCUT2D eigenvalue weighted by Crippen LogP contribution is -2.16. The fourth-order valence-corrected chi connectivity index (χ4v) is 2.35. The van der Waals surface area contributed by atoms with Gasteiger partial charge >= 0.3 is 0 Å². The molecule has 0 aliphatic heterocycles. The van der Waals surface area contributed by atoms with Crippen LogP contribution in [0.5, 0.6) is 5.75 Å². The van der Waals surface area contributed by atoms with Gasteiger partial charge in [0.05, 0.1) is 5.69 Å². The molecule has 0 saturated carbocycles. The van der Waals surface area contributed by atoms with Crippen molar-refractivity contribution >= 4 is 33.2 Å². The van der Waals surface area contributed by atoms with Crippen LogP contribution < -0.4 is 10.3 Å². The van der Waals surface area contributed by atoms with E-state index >= 15 is 0 Å². The van der Waals surface area contributed by atoms with Crippen molar-refractivity contribution in [1.82, 2.24) is 9.38 Å². The molecule has 0 spiro atoms. The maximum absolute atomic E-state index is 12.0. The number of rotatable bonds is 3. The molecule has 0 aliphatic rings. The van der Waals surface area contributed by atoms with Gasteiger partial charge in [0.2, 0.25) is 0 Å². The number of halogens is 2. The molecule has 4 nitrogen and oxygen atoms in total. The van der Waals surface area contributed by atoms with Crippen molar-refractivity contribution in [3.63, 3.8) is 0 Å². The summed E-state index contributed by atoms with van der Waals surface area (Å²) in [5.74, 6) is 0.678. The van der Waals surface area contributed by atoms with Crippen LogP contribution in [0, 0.1) is 0 Å². The predicted octanol–water partition coefficient (Wildman–Crippen LogP) is 3.69. The van der Waals surface area contributed by atoms with E-state index in [-0.39, 0.29) is 12.2 Å². The zero-order valence-electron chi connectivity index (χ0n) is 10.8. The van der Waals surface area contributed by atoms with E-state index in [2.05, 4.69) is 20.9 Å². The Hall–Kier alpha value is -1.85. The second-order valence-electron chi connectivity index (χ2n) is 4.40. The van der Waals surface area contributed by atoms with E-state index in [9.17, 15) is 4.79 Å². The molecule has 6 heteroatoms. The molecule has 0 N–H and O–H groups in total. The Morgan fingerprint density at radius 2 is 1.95 bits per heavy atom. The van der Waals surface area contributed by atoms with Gasteiger partial charge in [-0.25, -0.2) is 4.98 Å². The zero-order chi connectivity index (χ0) is 14.8. The van der Waals surface area contributed by atoms with Gasteiger partial charge in [0.1, 0.15) is 18.0 Å². The Kier molecular flexibility index (Phi) is 3.94. The summed E-state index contributed by atoms with van der Waals surface area (Å²) >= 11 is 9.14. The smallest absolute Gasteiger partial charge is 0.258 e. The van der Waals surface area contributed by atoms with E-state index < -0.39 is 0 Å². The molecular weight excluding hydrogens is 356 g/mol. The summed E-state index contributed by atoms with van der Waals surface area (Å²) in [4.78, 5) is 16.4. The third kappa shape index (κ3) is 3.25. The molecule has 106 valence electrons. The first-order valence-electron chi connectivity index (χ1n) is 6.18. The van der Waals surface area contributed by atoms with Gasteiger partial charge < -0.3 is 4.74 Å². The molecule has 1 aromatic carbocycles. The second-order valence-corrected chi connectivity index (χ2v) is 5.76. The van der Waals surface area contributed by atoms with Gasteiger partial charge in [0, 0.05) is 21.8 Å². The third-order valence-corrected chi connectivity index (χ3v) is 3.60. The maximum atomic E-state index is 12.0. The summed E-state index contributed by atoms with van der Waals surface area (Å²) in [7, 11) is 0. The lowest BCUT2D eigenvalue weighted by molar-refractivity contribution is 0.301. The van der Waals surface area contributed by atoms with Crippen molar-refractivity contribution < 1.29 is 4.74 Å². The summed E-state index contributed by atoms with van der Waals surface area (Å²) in [6.07, 6.45) is 1.69. The van der Waals surface area contributed by atoms with Crippen molar-refractivity contribution in [3.8, 4) is 5.75 Å². The van der Waals surface area contributed by atoms with Crippen LogP contribution in [0.15, 0.2) is 57.9 Å². The third-order valence-electron chi connectivity index (χ3n) is 2.88. The summed E-state index contributed by atoms with van der Waals surface area (Å²) in [5, 5.41) is 0.648. The molecule has 0 amide bonds. The summed E-state index contributed by atoms with van der Waals surface area (Å²) < 4.78 is 7.90. The van der Waals surface area contributed by atoms with Crippen molar-refractivity contribution in [2.45, 2.75) is 6.61 Å². The van der Waals surface area contributed by atoms with Crippen LogP contribution in [0.3, 0.4) is 0 Å². The molecule has 0 unspecified atom stereocenters. The molecule has 0 saturated heterocycles. The fourth-order valence-electron chi connectivity index (χ4n) is 1.89. The highest BCUT2D eigenvalue weighted by molar-refractivity contribution is 9.10. The molecule has 0 radical (unpaired) electrons. The maximum Gasteiger partial charge on any atom is 0.258 e. The number of aromatic nitrogens is 2. The minimum atomic E-state index is -0.143. The van der Waals surface area contributed by atoms with Gasteiger partial charge in [-0.05, 0) is 52.3 Å². The Morgan fingerprint density at radius 1 is 1.19 bits per heavy atom. The molecule has 2 aromatic heterocycles. The fraction of sp³-hybridized carbons (Fsp3) is 0.0667. The lowest BCUT2D eigenvalue weighted by atomic mass is 10.3. The van der Waals surface area contributed by atoms with E-state index in [1.807, 2.05) is 6.07 Å².